The lowest BCUT2D eigenvalue weighted by Gasteiger charge is -2.34. The molecule has 1 fully saturated rings. The van der Waals surface area contributed by atoms with Gasteiger partial charge in [-0.25, -0.2) is 4.99 Å². The molecule has 1 aromatic carbocycles. The Morgan fingerprint density at radius 3 is 2.65 bits per heavy atom. The van der Waals surface area contributed by atoms with Crippen LogP contribution in [0.4, 0.5) is 0 Å². The molecule has 1 aliphatic heterocycles. The molecule has 0 aliphatic carbocycles. The van der Waals surface area contributed by atoms with Crippen LogP contribution in [0.15, 0.2) is 23.2 Å². The summed E-state index contributed by atoms with van der Waals surface area (Å²) in [5.74, 6) is 0.731. The van der Waals surface area contributed by atoms with Crippen LogP contribution in [-0.2, 0) is 11.3 Å². The van der Waals surface area contributed by atoms with E-state index in [0.717, 1.165) is 38.8 Å². The van der Waals surface area contributed by atoms with Crippen LogP contribution >= 0.6 is 0 Å². The normalized spacial score (nSPS) is 18.4. The number of aliphatic imine (C=N–C) groups is 1. The maximum atomic E-state index is 10.7. The number of aliphatic hydroxyl groups is 1. The van der Waals surface area contributed by atoms with Gasteiger partial charge in [-0.3, -0.25) is 4.90 Å². The zero-order valence-corrected chi connectivity index (χ0v) is 16.6. The second kappa shape index (κ2) is 9.90. The Labute approximate surface area is 157 Å². The predicted molar refractivity (Wildman–Crippen MR) is 107 cm³/mol. The summed E-state index contributed by atoms with van der Waals surface area (Å²) in [6.45, 7) is 13.8. The van der Waals surface area contributed by atoms with Crippen molar-refractivity contribution in [1.29, 1.82) is 0 Å². The first-order chi connectivity index (χ1) is 12.4. The summed E-state index contributed by atoms with van der Waals surface area (Å²) in [6.07, 6.45) is 0. The quantitative estimate of drug-likeness (QED) is 0.506. The SMILES string of the molecule is CCNC(=NCc1ccc(C)cc1C)NCC(C)(O)CN1CCOCC1. The highest BCUT2D eigenvalue weighted by molar-refractivity contribution is 5.79. The minimum atomic E-state index is -0.826. The molecule has 1 aromatic rings. The molecular formula is C20H34N4O2. The average molecular weight is 363 g/mol. The molecule has 1 aliphatic rings. The first-order valence-electron chi connectivity index (χ1n) is 9.50. The molecule has 6 nitrogen and oxygen atoms in total. The molecule has 1 saturated heterocycles. The monoisotopic (exact) mass is 362 g/mol. The third-order valence-electron chi connectivity index (χ3n) is 4.55. The van der Waals surface area contributed by atoms with Crippen LogP contribution in [0, 0.1) is 13.8 Å². The van der Waals surface area contributed by atoms with Gasteiger partial charge in [0.05, 0.1) is 25.4 Å². The molecule has 0 amide bonds. The van der Waals surface area contributed by atoms with Crippen molar-refractivity contribution in [2.45, 2.75) is 39.8 Å². The number of hydrogen-bond donors (Lipinski definition) is 3. The van der Waals surface area contributed by atoms with Gasteiger partial charge in [0, 0.05) is 32.7 Å². The summed E-state index contributed by atoms with van der Waals surface area (Å²) in [7, 11) is 0. The molecule has 0 saturated carbocycles. The fourth-order valence-electron chi connectivity index (χ4n) is 3.10. The van der Waals surface area contributed by atoms with E-state index in [9.17, 15) is 5.11 Å². The smallest absolute Gasteiger partial charge is 0.191 e. The Bertz CT molecular complexity index is 595. The summed E-state index contributed by atoms with van der Waals surface area (Å²) in [6, 6.07) is 6.43. The molecule has 0 radical (unpaired) electrons. The van der Waals surface area contributed by atoms with Crippen LogP contribution in [0.25, 0.3) is 0 Å². The number of hydrogen-bond acceptors (Lipinski definition) is 4. The largest absolute Gasteiger partial charge is 0.387 e. The molecule has 26 heavy (non-hydrogen) atoms. The van der Waals surface area contributed by atoms with Gasteiger partial charge < -0.3 is 20.5 Å². The third-order valence-corrected chi connectivity index (χ3v) is 4.55. The molecule has 6 heteroatoms. The highest BCUT2D eigenvalue weighted by Gasteiger charge is 2.25. The topological polar surface area (TPSA) is 69.1 Å². The van der Waals surface area contributed by atoms with E-state index in [1.807, 2.05) is 13.8 Å². The number of benzene rings is 1. The van der Waals surface area contributed by atoms with E-state index >= 15 is 0 Å². The highest BCUT2D eigenvalue weighted by Crippen LogP contribution is 2.12. The van der Waals surface area contributed by atoms with Crippen molar-refractivity contribution in [3.8, 4) is 0 Å². The number of nitrogens with one attached hydrogen (secondary N) is 2. The Hall–Kier alpha value is -1.63. The van der Waals surface area contributed by atoms with E-state index in [0.29, 0.717) is 19.6 Å². The van der Waals surface area contributed by atoms with Gasteiger partial charge in [0.15, 0.2) is 5.96 Å². The minimum Gasteiger partial charge on any atom is -0.387 e. The first kappa shape index (κ1) is 20.7. The first-order valence-corrected chi connectivity index (χ1v) is 9.50. The minimum absolute atomic E-state index is 0.447. The van der Waals surface area contributed by atoms with Crippen molar-refractivity contribution in [3.05, 3.63) is 34.9 Å². The number of nitrogens with zero attached hydrogens (tertiary/aromatic N) is 2. The standard InChI is InChI=1S/C20H34N4O2/c1-5-21-19(22-13-18-7-6-16(2)12-17(18)3)23-14-20(4,25)15-24-8-10-26-11-9-24/h6-7,12,25H,5,8-11,13-15H2,1-4H3,(H2,21,22,23). The zero-order chi connectivity index (χ0) is 19.0. The molecule has 1 atom stereocenters. The van der Waals surface area contributed by atoms with E-state index in [1.165, 1.54) is 16.7 Å². The van der Waals surface area contributed by atoms with Crippen LogP contribution < -0.4 is 10.6 Å². The number of aryl methyl sites for hydroxylation is 2. The van der Waals surface area contributed by atoms with Crippen LogP contribution in [0.3, 0.4) is 0 Å². The summed E-state index contributed by atoms with van der Waals surface area (Å²) >= 11 is 0. The zero-order valence-electron chi connectivity index (χ0n) is 16.6. The van der Waals surface area contributed by atoms with Gasteiger partial charge in [-0.2, -0.15) is 0 Å². The van der Waals surface area contributed by atoms with Crippen molar-refractivity contribution in [2.24, 2.45) is 4.99 Å². The maximum Gasteiger partial charge on any atom is 0.191 e. The maximum absolute atomic E-state index is 10.7. The van der Waals surface area contributed by atoms with Gasteiger partial charge in [-0.15, -0.1) is 0 Å². The summed E-state index contributed by atoms with van der Waals surface area (Å²) in [5, 5.41) is 17.3. The van der Waals surface area contributed by atoms with Gasteiger partial charge in [-0.05, 0) is 38.8 Å². The number of ether oxygens (including phenoxy) is 1. The summed E-state index contributed by atoms with van der Waals surface area (Å²) in [4.78, 5) is 6.91. The molecule has 146 valence electrons. The van der Waals surface area contributed by atoms with Crippen molar-refractivity contribution in [3.63, 3.8) is 0 Å². The molecule has 1 heterocycles. The van der Waals surface area contributed by atoms with Gasteiger partial charge in [-0.1, -0.05) is 23.8 Å². The van der Waals surface area contributed by atoms with Crippen LogP contribution in [-0.4, -0.2) is 67.5 Å². The third kappa shape index (κ3) is 6.94. The Balaban J connectivity index is 1.91. The van der Waals surface area contributed by atoms with Gasteiger partial charge in [0.25, 0.3) is 0 Å². The summed E-state index contributed by atoms with van der Waals surface area (Å²) in [5.41, 5.74) is 2.91. The molecule has 3 N–H and O–H groups in total. The van der Waals surface area contributed by atoms with Crippen molar-refractivity contribution in [1.82, 2.24) is 15.5 Å². The Morgan fingerprint density at radius 1 is 1.27 bits per heavy atom. The number of rotatable bonds is 7. The van der Waals surface area contributed by atoms with E-state index in [1.54, 1.807) is 0 Å². The van der Waals surface area contributed by atoms with E-state index < -0.39 is 5.60 Å². The molecule has 0 aromatic heterocycles. The number of guanidine groups is 1. The second-order valence-corrected chi connectivity index (χ2v) is 7.36. The number of β-amino-alcohol motifs (C(OH)–C–C–N with tert-alkyl or cyclic N) is 1. The fourth-order valence-corrected chi connectivity index (χ4v) is 3.10. The molecule has 1 unspecified atom stereocenters. The lowest BCUT2D eigenvalue weighted by atomic mass is 10.1. The van der Waals surface area contributed by atoms with Gasteiger partial charge in [0.1, 0.15) is 0 Å². The van der Waals surface area contributed by atoms with Crippen LogP contribution in [0.2, 0.25) is 0 Å². The van der Waals surface area contributed by atoms with E-state index in [2.05, 4.69) is 52.6 Å². The van der Waals surface area contributed by atoms with E-state index in [4.69, 9.17) is 4.74 Å². The Morgan fingerprint density at radius 2 is 2.00 bits per heavy atom. The highest BCUT2D eigenvalue weighted by atomic mass is 16.5. The predicted octanol–water partition coefficient (Wildman–Crippen LogP) is 1.44. The number of morpholine rings is 1. The second-order valence-electron chi connectivity index (χ2n) is 7.36. The van der Waals surface area contributed by atoms with Crippen LogP contribution in [0.5, 0.6) is 0 Å². The molecule has 0 bridgehead atoms. The lowest BCUT2D eigenvalue weighted by Crippen LogP contribution is -2.52. The van der Waals surface area contributed by atoms with Gasteiger partial charge in [0.2, 0.25) is 0 Å². The van der Waals surface area contributed by atoms with E-state index in [-0.39, 0.29) is 0 Å². The molecule has 0 spiro atoms. The van der Waals surface area contributed by atoms with Crippen molar-refractivity contribution >= 4 is 5.96 Å². The molecular weight excluding hydrogens is 328 g/mol. The fraction of sp³-hybridized carbons (Fsp3) is 0.650. The Kier molecular flexibility index (Phi) is 7.87. The lowest BCUT2D eigenvalue weighted by molar-refractivity contribution is -0.0201. The average Bonchev–Trinajstić information content (AvgIpc) is 2.59. The van der Waals surface area contributed by atoms with Crippen LogP contribution in [0.1, 0.15) is 30.5 Å². The summed E-state index contributed by atoms with van der Waals surface area (Å²) < 4.78 is 5.37. The molecule has 2 rings (SSSR count). The van der Waals surface area contributed by atoms with Crippen molar-refractivity contribution in [2.75, 3.05) is 45.9 Å². The van der Waals surface area contributed by atoms with Gasteiger partial charge >= 0.3 is 0 Å². The van der Waals surface area contributed by atoms with Crippen molar-refractivity contribution < 1.29 is 9.84 Å².